The number of carbonyl (C=O) groups excluding carboxylic acids is 2. The van der Waals surface area contributed by atoms with Crippen molar-refractivity contribution in [2.45, 2.75) is 70.0 Å². The van der Waals surface area contributed by atoms with Crippen LogP contribution in [0.5, 0.6) is 0 Å². The van der Waals surface area contributed by atoms with Crippen LogP contribution in [0.25, 0.3) is 0 Å². The first-order chi connectivity index (χ1) is 9.47. The van der Waals surface area contributed by atoms with Crippen molar-refractivity contribution in [2.24, 2.45) is 0 Å². The van der Waals surface area contributed by atoms with Gasteiger partial charge in [0.1, 0.15) is 11.6 Å². The second kappa shape index (κ2) is 6.81. The predicted octanol–water partition coefficient (Wildman–Crippen LogP) is 1.87. The molecule has 2 heterocycles. The van der Waals surface area contributed by atoms with Gasteiger partial charge < -0.3 is 4.90 Å². The average molecular weight is 280 g/mol. The van der Waals surface area contributed by atoms with Crippen LogP contribution in [0.2, 0.25) is 0 Å². The summed E-state index contributed by atoms with van der Waals surface area (Å²) in [6.07, 6.45) is 6.49. The van der Waals surface area contributed by atoms with Gasteiger partial charge in [0.25, 0.3) is 0 Å². The van der Waals surface area contributed by atoms with E-state index in [-0.39, 0.29) is 5.78 Å². The molecule has 0 saturated carbocycles. The van der Waals surface area contributed by atoms with E-state index in [1.165, 1.54) is 6.42 Å². The molecule has 114 valence electrons. The quantitative estimate of drug-likeness (QED) is 0.745. The van der Waals surface area contributed by atoms with E-state index >= 15 is 0 Å². The van der Waals surface area contributed by atoms with E-state index in [1.807, 2.05) is 0 Å². The van der Waals surface area contributed by atoms with E-state index in [4.69, 9.17) is 0 Å². The van der Waals surface area contributed by atoms with Crippen molar-refractivity contribution in [3.05, 3.63) is 0 Å². The van der Waals surface area contributed by atoms with Crippen LogP contribution in [0.3, 0.4) is 0 Å². The van der Waals surface area contributed by atoms with E-state index in [2.05, 4.69) is 23.9 Å². The smallest absolute Gasteiger partial charge is 0.136 e. The van der Waals surface area contributed by atoms with Crippen LogP contribution in [0.15, 0.2) is 0 Å². The third kappa shape index (κ3) is 3.89. The third-order valence-corrected chi connectivity index (χ3v) is 5.11. The van der Waals surface area contributed by atoms with Gasteiger partial charge in [-0.15, -0.1) is 0 Å². The Balaban J connectivity index is 1.78. The molecule has 0 spiro atoms. The lowest BCUT2D eigenvalue weighted by Crippen LogP contribution is -2.35. The molecule has 0 aromatic heterocycles. The maximum Gasteiger partial charge on any atom is 0.136 e. The van der Waals surface area contributed by atoms with Crippen LogP contribution >= 0.6 is 0 Å². The molecular formula is C16H28N2O2. The molecule has 4 nitrogen and oxygen atoms in total. The van der Waals surface area contributed by atoms with E-state index in [9.17, 15) is 9.59 Å². The van der Waals surface area contributed by atoms with Crippen molar-refractivity contribution in [3.63, 3.8) is 0 Å². The number of ketones is 2. The van der Waals surface area contributed by atoms with Crippen molar-refractivity contribution in [2.75, 3.05) is 20.6 Å². The molecule has 0 aromatic rings. The summed E-state index contributed by atoms with van der Waals surface area (Å²) in [7, 11) is 4.19. The molecule has 2 rings (SSSR count). The fourth-order valence-electron chi connectivity index (χ4n) is 3.76. The summed E-state index contributed by atoms with van der Waals surface area (Å²) >= 11 is 0. The summed E-state index contributed by atoms with van der Waals surface area (Å²) in [6.45, 7) is 2.78. The Morgan fingerprint density at radius 2 is 1.55 bits per heavy atom. The summed E-state index contributed by atoms with van der Waals surface area (Å²) < 4.78 is 0. The lowest BCUT2D eigenvalue weighted by Gasteiger charge is -2.25. The molecule has 0 amide bonds. The number of carbonyl (C=O) groups is 2. The number of likely N-dealkylation sites (tertiary alicyclic amines) is 2. The maximum absolute atomic E-state index is 12.3. The normalized spacial score (nSPS) is 31.9. The van der Waals surface area contributed by atoms with Crippen molar-refractivity contribution in [3.8, 4) is 0 Å². The Labute approximate surface area is 122 Å². The Kier molecular flexibility index (Phi) is 5.33. The van der Waals surface area contributed by atoms with E-state index < -0.39 is 0 Å². The van der Waals surface area contributed by atoms with Gasteiger partial charge in [0.2, 0.25) is 0 Å². The molecule has 20 heavy (non-hydrogen) atoms. The number of Topliss-reactive ketones (excluding diaryl/α,β-unsaturated/α-hetero) is 2. The average Bonchev–Trinajstić information content (AvgIpc) is 2.90. The van der Waals surface area contributed by atoms with Gasteiger partial charge in [-0.1, -0.05) is 0 Å². The van der Waals surface area contributed by atoms with Crippen molar-refractivity contribution in [1.29, 1.82) is 0 Å². The Morgan fingerprint density at radius 1 is 0.950 bits per heavy atom. The van der Waals surface area contributed by atoms with Gasteiger partial charge in [0.05, 0.1) is 0 Å². The zero-order chi connectivity index (χ0) is 14.7. The van der Waals surface area contributed by atoms with Gasteiger partial charge in [-0.2, -0.15) is 0 Å². The molecule has 2 aliphatic rings. The minimum absolute atomic E-state index is 0.251. The largest absolute Gasteiger partial charge is 0.303 e. The van der Waals surface area contributed by atoms with Gasteiger partial charge in [0, 0.05) is 37.4 Å². The molecule has 0 unspecified atom stereocenters. The Hall–Kier alpha value is -0.740. The fourth-order valence-corrected chi connectivity index (χ4v) is 3.76. The summed E-state index contributed by atoms with van der Waals surface area (Å²) in [5.41, 5.74) is 0. The Bertz CT molecular complexity index is 369. The van der Waals surface area contributed by atoms with Gasteiger partial charge in [-0.3, -0.25) is 14.5 Å². The molecule has 2 aliphatic heterocycles. The van der Waals surface area contributed by atoms with Crippen LogP contribution in [-0.4, -0.2) is 60.1 Å². The zero-order valence-electron chi connectivity index (χ0n) is 13.1. The first-order valence-corrected chi connectivity index (χ1v) is 7.90. The molecule has 0 N–H and O–H groups in total. The molecule has 0 radical (unpaired) electrons. The molecule has 0 bridgehead atoms. The highest BCUT2D eigenvalue weighted by atomic mass is 16.1. The van der Waals surface area contributed by atoms with Gasteiger partial charge >= 0.3 is 0 Å². The van der Waals surface area contributed by atoms with Crippen molar-refractivity contribution in [1.82, 2.24) is 9.80 Å². The lowest BCUT2D eigenvalue weighted by molar-refractivity contribution is -0.121. The summed E-state index contributed by atoms with van der Waals surface area (Å²) in [5.74, 6) is 0.644. The van der Waals surface area contributed by atoms with Crippen LogP contribution in [-0.2, 0) is 9.59 Å². The zero-order valence-corrected chi connectivity index (χ0v) is 13.1. The van der Waals surface area contributed by atoms with E-state index in [0.29, 0.717) is 43.2 Å². The van der Waals surface area contributed by atoms with E-state index in [1.54, 1.807) is 6.92 Å². The lowest BCUT2D eigenvalue weighted by atomic mass is 10.0. The molecular weight excluding hydrogens is 252 g/mol. The number of hydrogen-bond donors (Lipinski definition) is 0. The van der Waals surface area contributed by atoms with Crippen molar-refractivity contribution >= 4 is 11.6 Å². The minimum atomic E-state index is 0.251. The third-order valence-electron chi connectivity index (χ3n) is 5.11. The first-order valence-electron chi connectivity index (χ1n) is 7.90. The SMILES string of the molecule is CC(=O)C[C@@H]1CC[C@H](CC(=O)C[C@H]2CCCN2C)N1C. The van der Waals surface area contributed by atoms with E-state index in [0.717, 1.165) is 25.8 Å². The molecule has 0 aliphatic carbocycles. The van der Waals surface area contributed by atoms with Crippen molar-refractivity contribution < 1.29 is 9.59 Å². The standard InChI is InChI=1S/C16H28N2O2/c1-12(19)9-14-6-7-15(18(14)3)11-16(20)10-13-5-4-8-17(13)2/h13-15H,4-11H2,1-3H3/t13-,14+,15-/m1/s1. The summed E-state index contributed by atoms with van der Waals surface area (Å²) in [5, 5.41) is 0. The highest BCUT2D eigenvalue weighted by Gasteiger charge is 2.33. The maximum atomic E-state index is 12.3. The highest BCUT2D eigenvalue weighted by Crippen LogP contribution is 2.28. The number of nitrogens with zero attached hydrogens (tertiary/aromatic N) is 2. The fraction of sp³-hybridized carbons (Fsp3) is 0.875. The predicted molar refractivity (Wildman–Crippen MR) is 79.8 cm³/mol. The number of hydrogen-bond acceptors (Lipinski definition) is 4. The number of rotatable bonds is 6. The summed E-state index contributed by atoms with van der Waals surface area (Å²) in [4.78, 5) is 28.1. The minimum Gasteiger partial charge on any atom is -0.303 e. The van der Waals surface area contributed by atoms with Crippen LogP contribution in [0.4, 0.5) is 0 Å². The van der Waals surface area contributed by atoms with Crippen LogP contribution in [0, 0.1) is 0 Å². The molecule has 3 atom stereocenters. The topological polar surface area (TPSA) is 40.6 Å². The Morgan fingerprint density at radius 3 is 2.10 bits per heavy atom. The second-order valence-electron chi connectivity index (χ2n) is 6.68. The summed E-state index contributed by atoms with van der Waals surface area (Å²) in [6, 6.07) is 1.15. The molecule has 4 heteroatoms. The monoisotopic (exact) mass is 280 g/mol. The second-order valence-corrected chi connectivity index (χ2v) is 6.68. The van der Waals surface area contributed by atoms with Gasteiger partial charge in [-0.25, -0.2) is 0 Å². The molecule has 2 fully saturated rings. The van der Waals surface area contributed by atoms with Crippen LogP contribution < -0.4 is 0 Å². The highest BCUT2D eigenvalue weighted by molar-refractivity contribution is 5.80. The molecule has 2 saturated heterocycles. The van der Waals surface area contributed by atoms with Crippen LogP contribution in [0.1, 0.15) is 51.9 Å². The molecule has 0 aromatic carbocycles. The van der Waals surface area contributed by atoms with Gasteiger partial charge in [0.15, 0.2) is 0 Å². The first kappa shape index (κ1) is 15.6. The van der Waals surface area contributed by atoms with Gasteiger partial charge in [-0.05, 0) is 53.2 Å².